The van der Waals surface area contributed by atoms with E-state index in [1.54, 1.807) is 19.1 Å². The van der Waals surface area contributed by atoms with Crippen molar-refractivity contribution < 1.29 is 13.9 Å². The number of hydrogen-bond donors (Lipinski definition) is 1. The second-order valence-corrected chi connectivity index (χ2v) is 6.33. The predicted octanol–water partition coefficient (Wildman–Crippen LogP) is 3.76. The molecule has 1 amide bonds. The Morgan fingerprint density at radius 1 is 1.35 bits per heavy atom. The average Bonchev–Trinajstić information content (AvgIpc) is 2.52. The fourth-order valence-electron chi connectivity index (χ4n) is 1.82. The van der Waals surface area contributed by atoms with E-state index in [0.29, 0.717) is 5.75 Å². The van der Waals surface area contributed by atoms with Crippen LogP contribution in [0.25, 0.3) is 0 Å². The van der Waals surface area contributed by atoms with E-state index in [2.05, 4.69) is 0 Å². The normalized spacial score (nSPS) is 11.6. The van der Waals surface area contributed by atoms with Gasteiger partial charge in [0, 0.05) is 4.90 Å². The number of ether oxygens (including phenoxy) is 1. The lowest BCUT2D eigenvalue weighted by Crippen LogP contribution is -2.22. The topological polar surface area (TPSA) is 76.1 Å². The highest BCUT2D eigenvalue weighted by atomic mass is 32.2. The zero-order valence-corrected chi connectivity index (χ0v) is 13.5. The lowest BCUT2D eigenvalue weighted by molar-refractivity contribution is -0.117. The van der Waals surface area contributed by atoms with Crippen molar-refractivity contribution in [2.75, 3.05) is 0 Å². The van der Waals surface area contributed by atoms with Crippen LogP contribution >= 0.6 is 11.8 Å². The number of hydrogen-bond acceptors (Lipinski definition) is 4. The van der Waals surface area contributed by atoms with Crippen molar-refractivity contribution in [3.05, 3.63) is 53.3 Å². The molecule has 1 atom stereocenters. The maximum Gasteiger partial charge on any atom is 0.230 e. The molecule has 1 unspecified atom stereocenters. The summed E-state index contributed by atoms with van der Waals surface area (Å²) in [5.74, 6) is -0.120. The number of amides is 1. The lowest BCUT2D eigenvalue weighted by atomic mass is 10.2. The molecular formula is C17H15FN2O2S. The van der Waals surface area contributed by atoms with Gasteiger partial charge in [-0.25, -0.2) is 4.39 Å². The van der Waals surface area contributed by atoms with E-state index in [1.807, 2.05) is 19.1 Å². The molecule has 0 aliphatic carbocycles. The van der Waals surface area contributed by atoms with Crippen molar-refractivity contribution in [2.45, 2.75) is 24.0 Å². The van der Waals surface area contributed by atoms with Crippen molar-refractivity contribution in [1.29, 1.82) is 5.26 Å². The molecular weight excluding hydrogens is 315 g/mol. The van der Waals surface area contributed by atoms with E-state index >= 15 is 0 Å². The largest absolute Gasteiger partial charge is 0.456 e. The molecule has 2 N–H and O–H groups in total. The maximum absolute atomic E-state index is 13.2. The smallest absolute Gasteiger partial charge is 0.230 e. The summed E-state index contributed by atoms with van der Waals surface area (Å²) in [5.41, 5.74) is 6.38. The highest BCUT2D eigenvalue weighted by Crippen LogP contribution is 2.33. The summed E-state index contributed by atoms with van der Waals surface area (Å²) in [5, 5.41) is 8.68. The minimum Gasteiger partial charge on any atom is -0.456 e. The number of carbonyl (C=O) groups is 1. The molecule has 23 heavy (non-hydrogen) atoms. The number of nitriles is 1. The molecule has 2 aromatic rings. The molecule has 0 aliphatic rings. The fraction of sp³-hybridized carbons (Fsp3) is 0.176. The molecule has 2 aromatic carbocycles. The fourth-order valence-corrected chi connectivity index (χ4v) is 2.76. The van der Waals surface area contributed by atoms with Gasteiger partial charge >= 0.3 is 0 Å². The number of carbonyl (C=O) groups excluding carboxylic acids is 1. The van der Waals surface area contributed by atoms with Gasteiger partial charge in [0.2, 0.25) is 5.91 Å². The first-order valence-corrected chi connectivity index (χ1v) is 7.73. The summed E-state index contributed by atoms with van der Waals surface area (Å²) in [6.45, 7) is 3.64. The van der Waals surface area contributed by atoms with Crippen molar-refractivity contribution in [2.24, 2.45) is 5.73 Å². The summed E-state index contributed by atoms with van der Waals surface area (Å²) < 4.78 is 18.8. The predicted molar refractivity (Wildman–Crippen MR) is 86.9 cm³/mol. The summed E-state index contributed by atoms with van der Waals surface area (Å²) in [6, 6.07) is 11.0. The third-order valence-corrected chi connectivity index (χ3v) is 4.43. The summed E-state index contributed by atoms with van der Waals surface area (Å²) in [6.07, 6.45) is 0. The Bertz CT molecular complexity index is 787. The van der Waals surface area contributed by atoms with Crippen LogP contribution in [0.1, 0.15) is 18.1 Å². The van der Waals surface area contributed by atoms with Crippen LogP contribution < -0.4 is 10.5 Å². The van der Waals surface area contributed by atoms with Gasteiger partial charge in [0.1, 0.15) is 23.4 Å². The van der Waals surface area contributed by atoms with Gasteiger partial charge in [-0.1, -0.05) is 6.07 Å². The number of benzene rings is 2. The first kappa shape index (κ1) is 16.8. The molecule has 0 aliphatic heterocycles. The summed E-state index contributed by atoms with van der Waals surface area (Å²) >= 11 is 1.34. The molecule has 0 aromatic heterocycles. The van der Waals surface area contributed by atoms with Crippen LogP contribution in [0.15, 0.2) is 41.3 Å². The minimum atomic E-state index is -0.496. The molecule has 0 radical (unpaired) electrons. The van der Waals surface area contributed by atoms with Crippen LogP contribution in [0.2, 0.25) is 0 Å². The van der Waals surface area contributed by atoms with E-state index in [9.17, 15) is 9.18 Å². The average molecular weight is 330 g/mol. The number of nitrogens with zero attached hydrogens (tertiary/aromatic N) is 1. The van der Waals surface area contributed by atoms with Gasteiger partial charge in [-0.3, -0.25) is 4.79 Å². The quantitative estimate of drug-likeness (QED) is 0.847. The second-order valence-electron chi connectivity index (χ2n) is 4.94. The van der Waals surface area contributed by atoms with Gasteiger partial charge in [-0.15, -0.1) is 11.8 Å². The van der Waals surface area contributed by atoms with E-state index in [4.69, 9.17) is 15.7 Å². The van der Waals surface area contributed by atoms with Crippen LogP contribution in [0, 0.1) is 24.1 Å². The van der Waals surface area contributed by atoms with E-state index < -0.39 is 11.7 Å². The standard InChI is InChI=1S/C17H15FN2O2S/c1-10-3-5-14(8-16(10)23-11(2)17(20)21)22-15-6-4-13(18)7-12(15)9-19/h3-8,11H,1-2H3,(H2,20,21). The maximum atomic E-state index is 13.2. The SMILES string of the molecule is Cc1ccc(Oc2ccc(F)cc2C#N)cc1SC(C)C(N)=O. The lowest BCUT2D eigenvalue weighted by Gasteiger charge is -2.13. The second kappa shape index (κ2) is 7.16. The molecule has 0 saturated carbocycles. The third kappa shape index (κ3) is 4.24. The highest BCUT2D eigenvalue weighted by molar-refractivity contribution is 8.00. The van der Waals surface area contributed by atoms with E-state index in [1.165, 1.54) is 23.9 Å². The van der Waals surface area contributed by atoms with Gasteiger partial charge in [0.05, 0.1) is 10.8 Å². The number of aryl methyl sites for hydroxylation is 1. The Balaban J connectivity index is 2.28. The number of nitrogens with two attached hydrogens (primary N) is 1. The third-order valence-electron chi connectivity index (χ3n) is 3.15. The van der Waals surface area contributed by atoms with Crippen molar-refractivity contribution in [1.82, 2.24) is 0 Å². The van der Waals surface area contributed by atoms with Gasteiger partial charge in [0.15, 0.2) is 0 Å². The Labute approximate surface area is 138 Å². The van der Waals surface area contributed by atoms with Crippen molar-refractivity contribution in [3.63, 3.8) is 0 Å². The van der Waals surface area contributed by atoms with Crippen molar-refractivity contribution >= 4 is 17.7 Å². The zero-order valence-electron chi connectivity index (χ0n) is 12.7. The van der Waals surface area contributed by atoms with Gasteiger partial charge in [0.25, 0.3) is 0 Å². The van der Waals surface area contributed by atoms with Crippen LogP contribution in [0.4, 0.5) is 4.39 Å². The summed E-state index contributed by atoms with van der Waals surface area (Å²) in [7, 11) is 0. The van der Waals surface area contributed by atoms with Crippen LogP contribution in [0.5, 0.6) is 11.5 Å². The zero-order chi connectivity index (χ0) is 17.0. The Morgan fingerprint density at radius 3 is 2.74 bits per heavy atom. The number of primary amides is 1. The van der Waals surface area contributed by atoms with Crippen molar-refractivity contribution in [3.8, 4) is 17.6 Å². The minimum absolute atomic E-state index is 0.116. The number of rotatable bonds is 5. The molecule has 118 valence electrons. The number of thioether (sulfide) groups is 1. The monoisotopic (exact) mass is 330 g/mol. The molecule has 4 nitrogen and oxygen atoms in total. The molecule has 0 saturated heterocycles. The van der Waals surface area contributed by atoms with Crippen LogP contribution in [-0.2, 0) is 4.79 Å². The number of halogens is 1. The molecule has 6 heteroatoms. The Hall–Kier alpha value is -2.52. The molecule has 2 rings (SSSR count). The van der Waals surface area contributed by atoms with Crippen LogP contribution in [0.3, 0.4) is 0 Å². The van der Waals surface area contributed by atoms with Gasteiger partial charge in [-0.05, 0) is 49.7 Å². The molecule has 0 heterocycles. The molecule has 0 fully saturated rings. The Kier molecular flexibility index (Phi) is 5.24. The van der Waals surface area contributed by atoms with E-state index in [0.717, 1.165) is 16.5 Å². The first-order chi connectivity index (χ1) is 10.9. The first-order valence-electron chi connectivity index (χ1n) is 6.85. The Morgan fingerprint density at radius 2 is 2.09 bits per heavy atom. The summed E-state index contributed by atoms with van der Waals surface area (Å²) in [4.78, 5) is 12.1. The van der Waals surface area contributed by atoms with Crippen LogP contribution in [-0.4, -0.2) is 11.2 Å². The highest BCUT2D eigenvalue weighted by Gasteiger charge is 2.13. The van der Waals surface area contributed by atoms with E-state index in [-0.39, 0.29) is 16.6 Å². The van der Waals surface area contributed by atoms with Gasteiger partial charge in [-0.2, -0.15) is 5.26 Å². The molecule has 0 bridgehead atoms. The molecule has 0 spiro atoms. The van der Waals surface area contributed by atoms with Gasteiger partial charge < -0.3 is 10.5 Å².